The summed E-state index contributed by atoms with van der Waals surface area (Å²) in [6.45, 7) is 15.2. The van der Waals surface area contributed by atoms with Crippen molar-refractivity contribution < 1.29 is 46.1 Å². The summed E-state index contributed by atoms with van der Waals surface area (Å²) < 4.78 is 69.1. The molecule has 2 aliphatic heterocycles. The number of nitrogens with one attached hydrogen (secondary N) is 2. The molecule has 460 valence electrons. The normalized spacial score (nSPS) is 28.7. The molecule has 12 atom stereocenters. The Morgan fingerprint density at radius 1 is 0.628 bits per heavy atom. The Hall–Kier alpha value is -5.62. The van der Waals surface area contributed by atoms with Crippen molar-refractivity contribution in [2.75, 3.05) is 60.7 Å². The molecule has 2 heterocycles. The maximum atomic E-state index is 13.3. The van der Waals surface area contributed by atoms with Crippen molar-refractivity contribution in [2.45, 2.75) is 114 Å². The molecule has 86 heavy (non-hydrogen) atoms. The van der Waals surface area contributed by atoms with E-state index < -0.39 is 44.1 Å². The van der Waals surface area contributed by atoms with Gasteiger partial charge >= 0.3 is 0 Å². The zero-order valence-electron chi connectivity index (χ0n) is 49.3. The second kappa shape index (κ2) is 25.5. The molecule has 4 fully saturated rings. The van der Waals surface area contributed by atoms with Crippen molar-refractivity contribution >= 4 is 66.4 Å². The van der Waals surface area contributed by atoms with Crippen LogP contribution in [0.15, 0.2) is 122 Å². The second-order valence-electron chi connectivity index (χ2n) is 25.8. The number of amides is 2. The van der Waals surface area contributed by atoms with Gasteiger partial charge in [0.25, 0.3) is 11.8 Å². The molecule has 4 N–H and O–H groups in total. The average Bonchev–Trinajstić information content (AvgIpc) is 1.87. The van der Waals surface area contributed by atoms with E-state index >= 15 is 0 Å². The quantitative estimate of drug-likeness (QED) is 0.0691. The van der Waals surface area contributed by atoms with Crippen LogP contribution in [0.4, 0.5) is 11.4 Å². The number of carbonyl (C=O) groups is 2. The van der Waals surface area contributed by atoms with Gasteiger partial charge < -0.3 is 29.5 Å². The number of anilines is 2. The summed E-state index contributed by atoms with van der Waals surface area (Å²) in [4.78, 5) is 31.2. The summed E-state index contributed by atoms with van der Waals surface area (Å²) in [5.74, 6) is 1.34. The molecule has 14 nitrogen and oxygen atoms in total. The van der Waals surface area contributed by atoms with E-state index in [0.29, 0.717) is 50.9 Å². The summed E-state index contributed by atoms with van der Waals surface area (Å²) in [7, 11) is -7.56. The van der Waals surface area contributed by atoms with Gasteiger partial charge in [0.15, 0.2) is 0 Å². The standard InChI is InChI=1S/2C34H41ClN2O5S/c2*1-3-6-22-15-26(22)19-43(40,41)36-33(39)24-9-13-32-30(17-24)37(18-25-8-11-28(25)31(38)4-2)20-34(21-42-32)14-5-7-23-16-27(35)10-12-29(23)34/h2*3-4,6,9-10,12-13,16-17,22,25-26,28,31,38H,2,5,7-8,11,14-15,18-21H2,1H3,(H,36,39)/b2*6-3+/t22-,25+,26+,28-,31+,34+;22-,25-,26+,28+,31-,34-/m10/s1. The molecule has 0 unspecified atom stereocenters. The molecule has 4 aromatic carbocycles. The summed E-state index contributed by atoms with van der Waals surface area (Å²) in [6, 6.07) is 22.7. The van der Waals surface area contributed by atoms with Gasteiger partial charge in [-0.15, -0.1) is 13.2 Å². The van der Waals surface area contributed by atoms with Crippen LogP contribution in [0, 0.1) is 47.3 Å². The number of benzene rings is 4. The molecular weight excluding hydrogens is 1170 g/mol. The lowest BCUT2D eigenvalue weighted by molar-refractivity contribution is 0.0458. The molecule has 4 aromatic rings. The molecule has 18 heteroatoms. The minimum Gasteiger partial charge on any atom is -0.490 e. The Morgan fingerprint density at radius 2 is 1.05 bits per heavy atom. The second-order valence-corrected chi connectivity index (χ2v) is 30.2. The monoisotopic (exact) mass is 1250 g/mol. The Morgan fingerprint density at radius 3 is 1.42 bits per heavy atom. The maximum Gasteiger partial charge on any atom is 0.264 e. The number of ether oxygens (including phenoxy) is 2. The van der Waals surface area contributed by atoms with Crippen LogP contribution in [0.5, 0.6) is 11.5 Å². The van der Waals surface area contributed by atoms with E-state index in [1.54, 1.807) is 48.6 Å². The van der Waals surface area contributed by atoms with Crippen molar-refractivity contribution in [1.29, 1.82) is 0 Å². The Labute approximate surface area is 518 Å². The highest BCUT2D eigenvalue weighted by molar-refractivity contribution is 7.90. The SMILES string of the molecule is C=C[C@H](O)[C@@H]1CC[C@H]1CN1C[C@@]2(CCCc3cc(Cl)ccc32)COc2ccc(C(=O)NS(=O)(=O)C[C@@H]3C[C@H]3/C=C/C)cc21.C=C[C@H](O)[C@@H]1CC[C@H]1CN1C[C@@]2(CCCc3cc(Cl)ccc32)COc2ccc(C(=O)NS(=O)(=O)C[C@H]3C[C@@H]3/C=C/C)cc21. The number of allylic oxidation sites excluding steroid dienone is 4. The van der Waals surface area contributed by atoms with E-state index in [9.17, 15) is 36.6 Å². The van der Waals surface area contributed by atoms with Crippen LogP contribution in [-0.4, -0.2) is 102 Å². The topological polar surface area (TPSA) is 192 Å². The van der Waals surface area contributed by atoms with Crippen molar-refractivity contribution in [3.05, 3.63) is 166 Å². The summed E-state index contributed by atoms with van der Waals surface area (Å²) in [5, 5.41) is 22.6. The average molecular weight is 1250 g/mol. The summed E-state index contributed by atoms with van der Waals surface area (Å²) in [5.41, 5.74) is 6.55. The molecule has 0 aromatic heterocycles. The van der Waals surface area contributed by atoms with Gasteiger partial charge in [0.05, 0.1) is 48.3 Å². The van der Waals surface area contributed by atoms with E-state index in [1.807, 2.05) is 50.3 Å². The molecular formula is C68H82Cl2N4O10S2. The smallest absolute Gasteiger partial charge is 0.264 e. The molecule has 4 saturated carbocycles. The number of rotatable bonds is 18. The van der Waals surface area contributed by atoms with Gasteiger partial charge in [-0.2, -0.15) is 0 Å². The third kappa shape index (κ3) is 13.5. The van der Waals surface area contributed by atoms with E-state index in [4.69, 9.17) is 32.7 Å². The zero-order chi connectivity index (χ0) is 60.7. The maximum absolute atomic E-state index is 13.3. The van der Waals surface area contributed by atoms with Crippen LogP contribution in [0.2, 0.25) is 10.0 Å². The van der Waals surface area contributed by atoms with Crippen LogP contribution < -0.4 is 28.7 Å². The first-order chi connectivity index (χ1) is 41.2. The predicted molar refractivity (Wildman–Crippen MR) is 341 cm³/mol. The third-order valence-electron chi connectivity index (χ3n) is 20.0. The number of hydrogen-bond donors (Lipinski definition) is 4. The van der Waals surface area contributed by atoms with E-state index in [-0.39, 0.29) is 80.8 Å². The van der Waals surface area contributed by atoms with Crippen LogP contribution in [0.3, 0.4) is 0 Å². The van der Waals surface area contributed by atoms with Crippen molar-refractivity contribution in [1.82, 2.24) is 9.44 Å². The molecule has 12 rings (SSSR count). The fraction of sp³-hybridized carbons (Fsp3) is 0.500. The zero-order valence-corrected chi connectivity index (χ0v) is 52.5. The van der Waals surface area contributed by atoms with E-state index in [2.05, 4.69) is 56.7 Å². The molecule has 8 aliphatic rings. The lowest BCUT2D eigenvalue weighted by Crippen LogP contribution is -2.49. The number of aliphatic hydroxyl groups excluding tert-OH is 2. The van der Waals surface area contributed by atoms with Gasteiger partial charge in [0, 0.05) is 58.2 Å². The Kier molecular flexibility index (Phi) is 18.4. The van der Waals surface area contributed by atoms with Crippen LogP contribution in [0.1, 0.15) is 121 Å². The summed E-state index contributed by atoms with van der Waals surface area (Å²) in [6.07, 6.45) is 21.4. The first-order valence-electron chi connectivity index (χ1n) is 30.8. The van der Waals surface area contributed by atoms with Gasteiger partial charge in [-0.05, 0) is 221 Å². The van der Waals surface area contributed by atoms with Gasteiger partial charge in [-0.3, -0.25) is 9.59 Å². The lowest BCUT2D eigenvalue weighted by Gasteiger charge is -2.45. The first-order valence-corrected chi connectivity index (χ1v) is 34.9. The van der Waals surface area contributed by atoms with Gasteiger partial charge in [0.1, 0.15) is 11.5 Å². The molecule has 0 radical (unpaired) electrons. The number of halogens is 2. The Balaban J connectivity index is 0.000000179. The predicted octanol–water partition coefficient (Wildman–Crippen LogP) is 11.3. The molecule has 0 bridgehead atoms. The number of fused-ring (bicyclic) bond motifs is 6. The fourth-order valence-electron chi connectivity index (χ4n) is 14.9. The van der Waals surface area contributed by atoms with Crippen molar-refractivity contribution in [2.24, 2.45) is 47.3 Å². The van der Waals surface area contributed by atoms with Crippen LogP contribution in [0.25, 0.3) is 0 Å². The number of carbonyl (C=O) groups excluding carboxylic acids is 2. The molecule has 6 aliphatic carbocycles. The van der Waals surface area contributed by atoms with Gasteiger partial charge in [-0.1, -0.05) is 71.8 Å². The molecule has 2 amide bonds. The first kappa shape index (κ1) is 62.0. The van der Waals surface area contributed by atoms with Gasteiger partial charge in [-0.25, -0.2) is 26.3 Å². The highest BCUT2D eigenvalue weighted by Gasteiger charge is 2.47. The van der Waals surface area contributed by atoms with Crippen LogP contribution in [-0.2, 0) is 43.7 Å². The molecule has 0 saturated heterocycles. The number of aryl methyl sites for hydroxylation is 2. The lowest BCUT2D eigenvalue weighted by atomic mass is 9.68. The number of sulfonamides is 2. The number of hydrogen-bond acceptors (Lipinski definition) is 12. The van der Waals surface area contributed by atoms with Gasteiger partial charge in [0.2, 0.25) is 20.0 Å². The third-order valence-corrected chi connectivity index (χ3v) is 23.2. The van der Waals surface area contributed by atoms with E-state index in [0.717, 1.165) is 98.5 Å². The minimum atomic E-state index is -3.78. The largest absolute Gasteiger partial charge is 0.490 e. The number of nitrogens with zero attached hydrogens (tertiary/aromatic N) is 2. The summed E-state index contributed by atoms with van der Waals surface area (Å²) >= 11 is 12.8. The minimum absolute atomic E-state index is 0.0446. The van der Waals surface area contributed by atoms with E-state index in [1.165, 1.54) is 22.3 Å². The number of aliphatic hydroxyl groups is 2. The fourth-order valence-corrected chi connectivity index (χ4v) is 18.2. The Bertz CT molecular complexity index is 3310. The van der Waals surface area contributed by atoms with Crippen LogP contribution >= 0.6 is 23.2 Å². The highest BCUT2D eigenvalue weighted by Crippen LogP contribution is 2.50. The van der Waals surface area contributed by atoms with Crippen molar-refractivity contribution in [3.63, 3.8) is 0 Å². The molecule has 2 spiro atoms. The highest BCUT2D eigenvalue weighted by atomic mass is 35.5. The van der Waals surface area contributed by atoms with Crippen molar-refractivity contribution in [3.8, 4) is 11.5 Å².